The lowest BCUT2D eigenvalue weighted by Crippen LogP contribution is -2.07. The van der Waals surface area contributed by atoms with Crippen LogP contribution in [0.2, 0.25) is 0 Å². The van der Waals surface area contributed by atoms with E-state index in [9.17, 15) is 9.59 Å². The van der Waals surface area contributed by atoms with Crippen molar-refractivity contribution in [2.75, 3.05) is 0 Å². The molecular formula is C18H14O5. The maximum atomic E-state index is 12.5. The molecule has 0 bridgehead atoms. The maximum absolute atomic E-state index is 12.5. The molecule has 0 N–H and O–H groups in total. The van der Waals surface area contributed by atoms with Gasteiger partial charge in [0, 0.05) is 12.5 Å². The summed E-state index contributed by atoms with van der Waals surface area (Å²) in [4.78, 5) is 23.6. The first-order chi connectivity index (χ1) is 11.1. The van der Waals surface area contributed by atoms with Crippen LogP contribution in [0, 0.1) is 6.92 Å². The van der Waals surface area contributed by atoms with Gasteiger partial charge in [-0.2, -0.15) is 0 Å². The lowest BCUT2D eigenvalue weighted by molar-refractivity contribution is -0.131. The van der Waals surface area contributed by atoms with Crippen molar-refractivity contribution in [2.24, 2.45) is 0 Å². The highest BCUT2D eigenvalue weighted by molar-refractivity contribution is 5.84. The van der Waals surface area contributed by atoms with Gasteiger partial charge in [0.25, 0.3) is 0 Å². The van der Waals surface area contributed by atoms with Crippen molar-refractivity contribution in [3.05, 3.63) is 64.5 Å². The van der Waals surface area contributed by atoms with Crippen LogP contribution in [-0.2, 0) is 4.79 Å². The lowest BCUT2D eigenvalue weighted by Gasteiger charge is -2.09. The first kappa shape index (κ1) is 14.8. The highest BCUT2D eigenvalue weighted by Crippen LogP contribution is 2.28. The summed E-state index contributed by atoms with van der Waals surface area (Å²) in [5.41, 5.74) is 0.669. The summed E-state index contributed by atoms with van der Waals surface area (Å²) in [6, 6.07) is 12.1. The van der Waals surface area contributed by atoms with Gasteiger partial charge in [-0.1, -0.05) is 18.2 Å². The van der Waals surface area contributed by atoms with Crippen molar-refractivity contribution in [1.29, 1.82) is 0 Å². The molecule has 0 saturated heterocycles. The number of ether oxygens (including phenoxy) is 2. The molecule has 0 saturated carbocycles. The first-order valence-electron chi connectivity index (χ1n) is 7.02. The summed E-state index contributed by atoms with van der Waals surface area (Å²) >= 11 is 0. The van der Waals surface area contributed by atoms with Gasteiger partial charge in [-0.25, -0.2) is 0 Å². The number of carbonyl (C=O) groups is 1. The van der Waals surface area contributed by atoms with Gasteiger partial charge in [-0.15, -0.1) is 0 Å². The highest BCUT2D eigenvalue weighted by atomic mass is 16.5. The van der Waals surface area contributed by atoms with Gasteiger partial charge in [0.2, 0.25) is 11.2 Å². The number of para-hydroxylation sites is 1. The van der Waals surface area contributed by atoms with E-state index in [1.807, 2.05) is 18.2 Å². The number of benzene rings is 2. The zero-order valence-corrected chi connectivity index (χ0v) is 12.7. The number of esters is 1. The zero-order valence-electron chi connectivity index (χ0n) is 12.7. The van der Waals surface area contributed by atoms with Crippen LogP contribution < -0.4 is 14.9 Å². The third kappa shape index (κ3) is 2.94. The normalized spacial score (nSPS) is 10.5. The van der Waals surface area contributed by atoms with Gasteiger partial charge in [0.05, 0.1) is 5.39 Å². The molecule has 2 aromatic carbocycles. The van der Waals surface area contributed by atoms with Crippen molar-refractivity contribution in [1.82, 2.24) is 0 Å². The summed E-state index contributed by atoms with van der Waals surface area (Å²) in [6.07, 6.45) is 1.27. The largest absolute Gasteiger partial charge is 0.460 e. The molecule has 5 heteroatoms. The predicted molar refractivity (Wildman–Crippen MR) is 85.0 cm³/mol. The molecule has 0 fully saturated rings. The molecule has 3 rings (SSSR count). The smallest absolute Gasteiger partial charge is 0.308 e. The molecule has 0 aliphatic heterocycles. The van der Waals surface area contributed by atoms with Gasteiger partial charge >= 0.3 is 5.97 Å². The standard InChI is InChI=1S/C18H14O5/c1-11-15(22-12(2)19)9-8-14-17(20)16(10-21-18(11)14)23-13-6-4-3-5-7-13/h3-10H,1-2H3. The third-order valence-corrected chi connectivity index (χ3v) is 3.33. The van der Waals surface area contributed by atoms with E-state index in [0.29, 0.717) is 28.0 Å². The maximum Gasteiger partial charge on any atom is 0.308 e. The summed E-state index contributed by atoms with van der Waals surface area (Å²) in [5, 5.41) is 0.367. The molecule has 116 valence electrons. The molecule has 1 heterocycles. The van der Waals surface area contributed by atoms with E-state index in [4.69, 9.17) is 13.9 Å². The van der Waals surface area contributed by atoms with Crippen molar-refractivity contribution in [3.63, 3.8) is 0 Å². The fourth-order valence-electron chi connectivity index (χ4n) is 2.25. The molecule has 5 nitrogen and oxygen atoms in total. The minimum absolute atomic E-state index is 0.100. The molecule has 0 unspecified atom stereocenters. The van der Waals surface area contributed by atoms with Crippen molar-refractivity contribution in [2.45, 2.75) is 13.8 Å². The Morgan fingerprint density at radius 1 is 1.04 bits per heavy atom. The van der Waals surface area contributed by atoms with E-state index in [0.717, 1.165) is 0 Å². The van der Waals surface area contributed by atoms with E-state index in [-0.39, 0.29) is 11.2 Å². The Morgan fingerprint density at radius 3 is 2.48 bits per heavy atom. The third-order valence-electron chi connectivity index (χ3n) is 3.33. The molecule has 0 aliphatic carbocycles. The Balaban J connectivity index is 2.06. The molecular weight excluding hydrogens is 296 g/mol. The van der Waals surface area contributed by atoms with Gasteiger partial charge in [-0.3, -0.25) is 9.59 Å². The number of fused-ring (bicyclic) bond motifs is 1. The Hall–Kier alpha value is -3.08. The molecule has 0 aliphatic rings. The lowest BCUT2D eigenvalue weighted by atomic mass is 10.1. The molecule has 0 radical (unpaired) electrons. The Labute approximate surface area is 132 Å². The molecule has 3 aromatic rings. The fraction of sp³-hybridized carbons (Fsp3) is 0.111. The van der Waals surface area contributed by atoms with Crippen LogP contribution in [0.5, 0.6) is 17.2 Å². The number of hydrogen-bond donors (Lipinski definition) is 0. The molecule has 23 heavy (non-hydrogen) atoms. The molecule has 0 atom stereocenters. The van der Waals surface area contributed by atoms with Crippen LogP contribution in [0.25, 0.3) is 11.0 Å². The molecule has 0 amide bonds. The van der Waals surface area contributed by atoms with Crippen molar-refractivity contribution in [3.8, 4) is 17.2 Å². The predicted octanol–water partition coefficient (Wildman–Crippen LogP) is 3.82. The minimum atomic E-state index is -0.432. The number of carbonyl (C=O) groups excluding carboxylic acids is 1. The monoisotopic (exact) mass is 310 g/mol. The van der Waals surface area contributed by atoms with Crippen LogP contribution in [0.15, 0.2) is 57.9 Å². The average molecular weight is 310 g/mol. The van der Waals surface area contributed by atoms with E-state index >= 15 is 0 Å². The van der Waals surface area contributed by atoms with Crippen LogP contribution in [-0.4, -0.2) is 5.97 Å². The fourth-order valence-corrected chi connectivity index (χ4v) is 2.25. The highest BCUT2D eigenvalue weighted by Gasteiger charge is 2.14. The van der Waals surface area contributed by atoms with Crippen LogP contribution in [0.1, 0.15) is 12.5 Å². The van der Waals surface area contributed by atoms with E-state index < -0.39 is 5.97 Å². The van der Waals surface area contributed by atoms with Gasteiger partial charge in [0.1, 0.15) is 23.3 Å². The summed E-state index contributed by atoms with van der Waals surface area (Å²) < 4.78 is 16.2. The van der Waals surface area contributed by atoms with Gasteiger partial charge in [0.15, 0.2) is 0 Å². The second-order valence-corrected chi connectivity index (χ2v) is 5.00. The summed E-state index contributed by atoms with van der Waals surface area (Å²) in [5.74, 6) is 0.583. The average Bonchev–Trinajstić information content (AvgIpc) is 2.53. The van der Waals surface area contributed by atoms with Crippen LogP contribution in [0.4, 0.5) is 0 Å². The van der Waals surface area contributed by atoms with Crippen LogP contribution >= 0.6 is 0 Å². The van der Waals surface area contributed by atoms with Gasteiger partial charge < -0.3 is 13.9 Å². The van der Waals surface area contributed by atoms with E-state index in [1.165, 1.54) is 13.2 Å². The second-order valence-electron chi connectivity index (χ2n) is 5.00. The number of aryl methyl sites for hydroxylation is 1. The zero-order chi connectivity index (χ0) is 16.4. The van der Waals surface area contributed by atoms with E-state index in [2.05, 4.69) is 0 Å². The van der Waals surface area contributed by atoms with Crippen molar-refractivity contribution >= 4 is 16.9 Å². The SMILES string of the molecule is CC(=O)Oc1ccc2c(=O)c(Oc3ccccc3)coc2c1C. The van der Waals surface area contributed by atoms with Gasteiger partial charge in [-0.05, 0) is 31.2 Å². The second kappa shape index (κ2) is 5.96. The number of rotatable bonds is 3. The Kier molecular flexibility index (Phi) is 3.85. The van der Waals surface area contributed by atoms with Crippen LogP contribution in [0.3, 0.4) is 0 Å². The van der Waals surface area contributed by atoms with E-state index in [1.54, 1.807) is 31.2 Å². The first-order valence-corrected chi connectivity index (χ1v) is 7.02. The summed E-state index contributed by atoms with van der Waals surface area (Å²) in [6.45, 7) is 3.04. The molecule has 1 aromatic heterocycles. The number of hydrogen-bond acceptors (Lipinski definition) is 5. The Bertz CT molecular complexity index is 925. The molecule has 0 spiro atoms. The van der Waals surface area contributed by atoms with Crippen molar-refractivity contribution < 1.29 is 18.7 Å². The summed E-state index contributed by atoms with van der Waals surface area (Å²) in [7, 11) is 0. The minimum Gasteiger partial charge on any atom is -0.460 e. The Morgan fingerprint density at radius 2 is 1.78 bits per heavy atom. The quantitative estimate of drug-likeness (QED) is 0.543. The topological polar surface area (TPSA) is 65.7 Å².